The van der Waals surface area contributed by atoms with Crippen LogP contribution in [0.4, 0.5) is 19.7 Å². The standard InChI is InChI=1S/C39H56FN7O4S/c1-38(2,3)51-37(49)46-25-33(26-46)52-32-13-11-31(12-14-32)45-23-27(24-45)22-44-18-15-28(16-19-44)39(47(42)20-17-41,29-7-5-8-30(40)21-29)34-9-6-10-35(34)43-36(48)50-4/h5,7-8,11-14,17,20-21,27-28,33-35H,6,9-10,15-16,18-19,22-26,41-42H2,1-4H3,(H,43,48)/b20-17-. The van der Waals surface area contributed by atoms with Crippen molar-refractivity contribution in [3.63, 3.8) is 0 Å². The Labute approximate surface area is 312 Å². The second kappa shape index (κ2) is 16.1. The summed E-state index contributed by atoms with van der Waals surface area (Å²) in [6.07, 6.45) is 6.74. The van der Waals surface area contributed by atoms with Crippen molar-refractivity contribution in [3.8, 4) is 0 Å². The van der Waals surface area contributed by atoms with E-state index in [9.17, 15) is 14.0 Å². The summed E-state index contributed by atoms with van der Waals surface area (Å²) in [5.74, 6) is 7.24. The summed E-state index contributed by atoms with van der Waals surface area (Å²) in [6, 6.07) is 15.4. The molecule has 4 aliphatic rings. The molecule has 1 aliphatic carbocycles. The highest BCUT2D eigenvalue weighted by Gasteiger charge is 2.54. The summed E-state index contributed by atoms with van der Waals surface area (Å²) in [4.78, 5) is 32.7. The van der Waals surface area contributed by atoms with Gasteiger partial charge in [0.1, 0.15) is 11.4 Å². The Morgan fingerprint density at radius 3 is 2.38 bits per heavy atom. The summed E-state index contributed by atoms with van der Waals surface area (Å²) >= 11 is 1.82. The molecule has 11 nitrogen and oxygen atoms in total. The molecule has 3 unspecified atom stereocenters. The maximum absolute atomic E-state index is 14.9. The number of carbonyl (C=O) groups excluding carboxylic acids is 2. The number of halogens is 1. The molecular formula is C39H56FN7O4S. The highest BCUT2D eigenvalue weighted by Crippen LogP contribution is 2.52. The van der Waals surface area contributed by atoms with Gasteiger partial charge in [-0.15, -0.1) is 11.8 Å². The lowest BCUT2D eigenvalue weighted by Crippen LogP contribution is -2.62. The van der Waals surface area contributed by atoms with Gasteiger partial charge in [0.2, 0.25) is 0 Å². The molecule has 1 saturated carbocycles. The minimum atomic E-state index is -0.778. The third-order valence-electron chi connectivity index (χ3n) is 11.2. The third-order valence-corrected chi connectivity index (χ3v) is 12.4. The van der Waals surface area contributed by atoms with Gasteiger partial charge in [0.15, 0.2) is 0 Å². The summed E-state index contributed by atoms with van der Waals surface area (Å²) in [7, 11) is 1.37. The van der Waals surface area contributed by atoms with Gasteiger partial charge in [-0.2, -0.15) is 0 Å². The molecule has 3 saturated heterocycles. The number of benzene rings is 2. The Bertz CT molecular complexity index is 1550. The van der Waals surface area contributed by atoms with E-state index < -0.39 is 17.2 Å². The Kier molecular flexibility index (Phi) is 11.8. The lowest BCUT2D eigenvalue weighted by molar-refractivity contribution is -0.0299. The van der Waals surface area contributed by atoms with Crippen LogP contribution in [0.25, 0.3) is 0 Å². The topological polar surface area (TPSA) is 130 Å². The van der Waals surface area contributed by atoms with Gasteiger partial charge in [0.25, 0.3) is 0 Å². The fourth-order valence-corrected chi connectivity index (χ4v) is 10.0. The number of hydrazine groups is 1. The largest absolute Gasteiger partial charge is 0.453 e. The van der Waals surface area contributed by atoms with Gasteiger partial charge in [-0.3, -0.25) is 0 Å². The molecule has 3 heterocycles. The van der Waals surface area contributed by atoms with Gasteiger partial charge in [0.05, 0.1) is 12.6 Å². The van der Waals surface area contributed by atoms with Gasteiger partial charge < -0.3 is 40.2 Å². The quantitative estimate of drug-likeness (QED) is 0.195. The molecule has 0 radical (unpaired) electrons. The lowest BCUT2D eigenvalue weighted by atomic mass is 9.64. The van der Waals surface area contributed by atoms with E-state index >= 15 is 0 Å². The van der Waals surface area contributed by atoms with Gasteiger partial charge in [-0.05, 0) is 107 Å². The van der Waals surface area contributed by atoms with E-state index in [0.717, 1.165) is 70.4 Å². The molecule has 0 aromatic heterocycles. The van der Waals surface area contributed by atoms with Crippen molar-refractivity contribution in [2.75, 3.05) is 57.8 Å². The Morgan fingerprint density at radius 2 is 1.75 bits per heavy atom. The Hall–Kier alpha value is -3.68. The summed E-state index contributed by atoms with van der Waals surface area (Å²) < 4.78 is 25.4. The minimum Gasteiger partial charge on any atom is -0.453 e. The smallest absolute Gasteiger partial charge is 0.410 e. The number of methoxy groups -OCH3 is 1. The molecule has 2 amide bonds. The summed E-state index contributed by atoms with van der Waals surface area (Å²) in [5.41, 5.74) is 6.72. The van der Waals surface area contributed by atoms with E-state index in [1.54, 1.807) is 28.2 Å². The molecule has 5 N–H and O–H groups in total. The average Bonchev–Trinajstić information content (AvgIpc) is 3.52. The van der Waals surface area contributed by atoms with Gasteiger partial charge >= 0.3 is 12.2 Å². The van der Waals surface area contributed by atoms with Crippen molar-refractivity contribution >= 4 is 29.6 Å². The van der Waals surface area contributed by atoms with Crippen LogP contribution in [0.15, 0.2) is 65.8 Å². The number of amides is 2. The van der Waals surface area contributed by atoms with Crippen LogP contribution in [0, 0.1) is 23.6 Å². The molecule has 0 bridgehead atoms. The maximum Gasteiger partial charge on any atom is 0.410 e. The molecular weight excluding hydrogens is 682 g/mol. The molecule has 6 rings (SSSR count). The Morgan fingerprint density at radius 1 is 1.04 bits per heavy atom. The van der Waals surface area contributed by atoms with Crippen LogP contribution in [-0.2, 0) is 15.0 Å². The second-order valence-electron chi connectivity index (χ2n) is 15.8. The first-order valence-corrected chi connectivity index (χ1v) is 19.5. The highest BCUT2D eigenvalue weighted by molar-refractivity contribution is 8.00. The van der Waals surface area contributed by atoms with E-state index in [1.807, 2.05) is 38.6 Å². The number of carbonyl (C=O) groups is 2. The van der Waals surface area contributed by atoms with Crippen LogP contribution in [0.1, 0.15) is 58.4 Å². The van der Waals surface area contributed by atoms with Crippen LogP contribution >= 0.6 is 11.8 Å². The van der Waals surface area contributed by atoms with Crippen molar-refractivity contribution < 1.29 is 23.5 Å². The monoisotopic (exact) mass is 737 g/mol. The molecule has 4 fully saturated rings. The normalized spacial score (nSPS) is 23.2. The van der Waals surface area contributed by atoms with Crippen molar-refractivity contribution in [2.24, 2.45) is 29.3 Å². The number of likely N-dealkylation sites (tertiary alicyclic amines) is 2. The number of nitrogens with two attached hydrogens (primary N) is 2. The number of anilines is 1. The van der Waals surface area contributed by atoms with Gasteiger partial charge in [0, 0.05) is 78.8 Å². The number of rotatable bonds is 11. The molecule has 3 aliphatic heterocycles. The van der Waals surface area contributed by atoms with E-state index in [1.165, 1.54) is 30.0 Å². The summed E-state index contributed by atoms with van der Waals surface area (Å²) in [5, 5.41) is 5.16. The highest BCUT2D eigenvalue weighted by atomic mass is 32.2. The molecule has 52 heavy (non-hydrogen) atoms. The van der Waals surface area contributed by atoms with Crippen molar-refractivity contribution in [2.45, 2.75) is 80.2 Å². The van der Waals surface area contributed by atoms with Crippen molar-refractivity contribution in [1.29, 1.82) is 0 Å². The van der Waals surface area contributed by atoms with Crippen LogP contribution < -0.4 is 21.8 Å². The van der Waals surface area contributed by atoms with E-state index in [0.29, 0.717) is 24.3 Å². The number of piperidine rings is 1. The fourth-order valence-electron chi connectivity index (χ4n) is 8.86. The molecule has 0 spiro atoms. The molecule has 2 aromatic carbocycles. The Balaban J connectivity index is 1.04. The number of nitrogens with one attached hydrogen (secondary N) is 1. The predicted octanol–water partition coefficient (Wildman–Crippen LogP) is 5.71. The SMILES string of the molecule is COC(=O)NC1CCCC1C(c1cccc(F)c1)(C1CCN(CC2CN(c3ccc(SC4CN(C(=O)OC(C)(C)C)C4)cc3)C2)CC1)N(N)/C=C\N. The average molecular weight is 738 g/mol. The first-order valence-electron chi connectivity index (χ1n) is 18.6. The zero-order chi connectivity index (χ0) is 37.0. The van der Waals surface area contributed by atoms with Gasteiger partial charge in [-0.1, -0.05) is 18.6 Å². The number of alkyl carbamates (subject to hydrolysis) is 1. The maximum atomic E-state index is 14.9. The van der Waals surface area contributed by atoms with Crippen LogP contribution in [0.2, 0.25) is 0 Å². The van der Waals surface area contributed by atoms with Gasteiger partial charge in [-0.25, -0.2) is 19.8 Å². The van der Waals surface area contributed by atoms with E-state index in [4.69, 9.17) is 21.1 Å². The first-order chi connectivity index (χ1) is 24.9. The molecule has 284 valence electrons. The van der Waals surface area contributed by atoms with E-state index in [2.05, 4.69) is 39.4 Å². The van der Waals surface area contributed by atoms with E-state index in [-0.39, 0.29) is 29.8 Å². The van der Waals surface area contributed by atoms with Crippen molar-refractivity contribution in [1.82, 2.24) is 20.1 Å². The molecule has 3 atom stereocenters. The number of hydrogen-bond acceptors (Lipinski definition) is 10. The number of thioether (sulfide) groups is 1. The third kappa shape index (κ3) is 8.42. The first kappa shape index (κ1) is 38.1. The number of nitrogens with zero attached hydrogens (tertiary/aromatic N) is 4. The van der Waals surface area contributed by atoms with Crippen molar-refractivity contribution in [3.05, 3.63) is 72.3 Å². The zero-order valence-electron chi connectivity index (χ0n) is 31.0. The number of hydrogen-bond donors (Lipinski definition) is 3. The lowest BCUT2D eigenvalue weighted by Gasteiger charge is -2.54. The zero-order valence-corrected chi connectivity index (χ0v) is 31.8. The molecule has 13 heteroatoms. The summed E-state index contributed by atoms with van der Waals surface area (Å²) in [6.45, 7) is 12.0. The minimum absolute atomic E-state index is 0.0724. The van der Waals surface area contributed by atoms with Crippen LogP contribution in [-0.4, -0.2) is 96.8 Å². The predicted molar refractivity (Wildman–Crippen MR) is 203 cm³/mol. The molecule has 2 aromatic rings. The van der Waals surface area contributed by atoms with Crippen LogP contribution in [0.5, 0.6) is 0 Å². The van der Waals surface area contributed by atoms with Crippen LogP contribution in [0.3, 0.4) is 0 Å². The number of ether oxygens (including phenoxy) is 2. The fraction of sp³-hybridized carbons (Fsp3) is 0.590. The second-order valence-corrected chi connectivity index (χ2v) is 17.2.